The fourth-order valence-electron chi connectivity index (χ4n) is 3.52. The predicted octanol–water partition coefficient (Wildman–Crippen LogP) is 1.28. The molecule has 194 valence electrons. The minimum Gasteiger partial charge on any atom is -0.873 e. The first-order valence-electron chi connectivity index (χ1n) is 10.7. The lowest BCUT2D eigenvalue weighted by molar-refractivity contribution is -0.303. The molecule has 0 spiro atoms. The molecule has 37 heavy (non-hydrogen) atoms. The summed E-state index contributed by atoms with van der Waals surface area (Å²) in [7, 11) is 0. The SMILES string of the molecule is O=CSC1C(NC(=O)C(NC(=O)OCc2ccccc2)c2ccccc2)C(=O)N1C(C(=O)O)=C([O-])CBr. The Morgan fingerprint density at radius 3 is 2.32 bits per heavy atom. The van der Waals surface area contributed by atoms with Gasteiger partial charge in [0, 0.05) is 5.33 Å². The maximum Gasteiger partial charge on any atom is 0.408 e. The number of β-lactam (4-membered cyclic amide) rings is 1. The molecule has 0 aromatic heterocycles. The summed E-state index contributed by atoms with van der Waals surface area (Å²) in [5.41, 5.74) is 0.659. The largest absolute Gasteiger partial charge is 0.873 e. The maximum absolute atomic E-state index is 13.2. The lowest BCUT2D eigenvalue weighted by Crippen LogP contribution is -2.70. The van der Waals surface area contributed by atoms with Crippen molar-refractivity contribution in [1.82, 2.24) is 15.5 Å². The molecule has 3 amide bonds. The number of benzene rings is 2. The van der Waals surface area contributed by atoms with Crippen LogP contribution in [0.2, 0.25) is 0 Å². The van der Waals surface area contributed by atoms with Crippen LogP contribution in [0.25, 0.3) is 0 Å². The number of carbonyl (C=O) groups excluding carboxylic acids is 4. The molecule has 1 aliphatic rings. The van der Waals surface area contributed by atoms with E-state index >= 15 is 0 Å². The average molecular weight is 591 g/mol. The number of hydrogen-bond donors (Lipinski definition) is 3. The third-order valence-corrected chi connectivity index (χ3v) is 6.62. The third-order valence-electron chi connectivity index (χ3n) is 5.23. The summed E-state index contributed by atoms with van der Waals surface area (Å²) in [4.78, 5) is 62.0. The molecule has 3 unspecified atom stereocenters. The molecule has 3 rings (SSSR count). The van der Waals surface area contributed by atoms with Crippen molar-refractivity contribution in [2.24, 2.45) is 0 Å². The van der Waals surface area contributed by atoms with E-state index in [1.807, 2.05) is 6.07 Å². The summed E-state index contributed by atoms with van der Waals surface area (Å²) >= 11 is 3.39. The molecule has 2 aromatic carbocycles. The lowest BCUT2D eigenvalue weighted by Gasteiger charge is -2.47. The van der Waals surface area contributed by atoms with Gasteiger partial charge < -0.3 is 25.6 Å². The van der Waals surface area contributed by atoms with Crippen LogP contribution in [0.4, 0.5) is 4.79 Å². The predicted molar refractivity (Wildman–Crippen MR) is 134 cm³/mol. The number of allylic oxidation sites excluding steroid dienone is 1. The minimum atomic E-state index is -1.65. The molecular weight excluding hydrogens is 570 g/mol. The normalized spacial score (nSPS) is 18.1. The van der Waals surface area contributed by atoms with Crippen molar-refractivity contribution in [1.29, 1.82) is 0 Å². The lowest BCUT2D eigenvalue weighted by atomic mass is 10.0. The van der Waals surface area contributed by atoms with Gasteiger partial charge in [0.1, 0.15) is 29.8 Å². The fraction of sp³-hybridized carbons (Fsp3) is 0.208. The zero-order valence-electron chi connectivity index (χ0n) is 19.0. The van der Waals surface area contributed by atoms with Crippen molar-refractivity contribution in [3.63, 3.8) is 0 Å². The van der Waals surface area contributed by atoms with Crippen molar-refractivity contribution in [3.8, 4) is 0 Å². The van der Waals surface area contributed by atoms with E-state index in [-0.39, 0.29) is 11.9 Å². The van der Waals surface area contributed by atoms with Crippen LogP contribution in [-0.4, -0.2) is 56.2 Å². The Morgan fingerprint density at radius 2 is 1.76 bits per heavy atom. The average Bonchev–Trinajstić information content (AvgIpc) is 2.91. The minimum absolute atomic E-state index is 0.0423. The number of alkyl carbamates (subject to hydrolysis) is 1. The Kier molecular flexibility index (Phi) is 9.69. The highest BCUT2D eigenvalue weighted by atomic mass is 79.9. The zero-order valence-corrected chi connectivity index (χ0v) is 21.4. The summed E-state index contributed by atoms with van der Waals surface area (Å²) < 4.78 is 5.20. The van der Waals surface area contributed by atoms with E-state index in [9.17, 15) is 34.2 Å². The molecular formula is C24H21BrN3O8S-. The Morgan fingerprint density at radius 1 is 1.14 bits per heavy atom. The number of carboxylic acids is 1. The number of likely N-dealkylation sites (tertiary alicyclic amines) is 1. The van der Waals surface area contributed by atoms with Crippen LogP contribution in [0.5, 0.6) is 0 Å². The van der Waals surface area contributed by atoms with Crippen molar-refractivity contribution >= 4 is 57.2 Å². The van der Waals surface area contributed by atoms with E-state index < -0.39 is 52.8 Å². The second kappa shape index (κ2) is 12.9. The molecule has 0 aliphatic carbocycles. The van der Waals surface area contributed by atoms with E-state index in [0.29, 0.717) is 27.8 Å². The van der Waals surface area contributed by atoms with Crippen LogP contribution < -0.4 is 15.7 Å². The summed E-state index contributed by atoms with van der Waals surface area (Å²) in [6.45, 7) is -0.0423. The number of aliphatic carboxylic acids is 1. The molecule has 1 fully saturated rings. The smallest absolute Gasteiger partial charge is 0.408 e. The number of thioether (sulfide) groups is 1. The van der Waals surface area contributed by atoms with Gasteiger partial charge in [-0.15, -0.1) is 0 Å². The van der Waals surface area contributed by atoms with Gasteiger partial charge in [-0.1, -0.05) is 94.1 Å². The molecule has 13 heteroatoms. The second-order valence-electron chi connectivity index (χ2n) is 7.58. The highest BCUT2D eigenvalue weighted by Crippen LogP contribution is 2.34. The van der Waals surface area contributed by atoms with Gasteiger partial charge in [-0.05, 0) is 11.1 Å². The maximum atomic E-state index is 13.2. The number of carboxylic acid groups (broad SMARTS) is 1. The van der Waals surface area contributed by atoms with Gasteiger partial charge in [0.05, 0.1) is 0 Å². The van der Waals surface area contributed by atoms with E-state index in [1.54, 1.807) is 54.6 Å². The number of amides is 3. The topological polar surface area (TPSA) is 165 Å². The van der Waals surface area contributed by atoms with Crippen LogP contribution >= 0.6 is 27.7 Å². The molecule has 1 heterocycles. The Labute approximate surface area is 224 Å². The van der Waals surface area contributed by atoms with Gasteiger partial charge in [-0.3, -0.25) is 19.3 Å². The highest BCUT2D eigenvalue weighted by molar-refractivity contribution is 9.09. The highest BCUT2D eigenvalue weighted by Gasteiger charge is 2.52. The molecule has 0 radical (unpaired) electrons. The monoisotopic (exact) mass is 590 g/mol. The molecule has 2 aromatic rings. The molecule has 3 atom stereocenters. The number of ether oxygens (including phenoxy) is 1. The second-order valence-corrected chi connectivity index (χ2v) is 9.09. The number of alkyl halides is 1. The quantitative estimate of drug-likeness (QED) is 0.115. The standard InChI is InChI=1S/C24H22BrN3O8S/c25-11-16(30)19(23(33)34)28-21(32)18(22(28)37-13-29)26-20(31)17(15-9-5-2-6-10-15)27-24(35)36-12-14-7-3-1-4-8-14/h1-10,13,17-18,22,30H,11-12H2,(H,26,31)(H,27,35)(H,33,34)/p-1. The number of nitrogens with one attached hydrogen (secondary N) is 2. The van der Waals surface area contributed by atoms with Gasteiger partial charge in [-0.25, -0.2) is 9.59 Å². The molecule has 1 saturated heterocycles. The fourth-order valence-corrected chi connectivity index (χ4v) is 4.57. The van der Waals surface area contributed by atoms with E-state index in [0.717, 1.165) is 5.56 Å². The van der Waals surface area contributed by atoms with Gasteiger partial charge >= 0.3 is 12.1 Å². The summed E-state index contributed by atoms with van der Waals surface area (Å²) in [6.07, 6.45) is -0.891. The van der Waals surface area contributed by atoms with E-state index in [2.05, 4.69) is 26.6 Å². The van der Waals surface area contributed by atoms with Gasteiger partial charge in [0.15, 0.2) is 5.62 Å². The van der Waals surface area contributed by atoms with E-state index in [1.165, 1.54) is 0 Å². The number of carbonyl (C=O) groups is 5. The first-order chi connectivity index (χ1) is 17.8. The van der Waals surface area contributed by atoms with E-state index in [4.69, 9.17) is 4.74 Å². The van der Waals surface area contributed by atoms with Crippen molar-refractivity contribution in [2.75, 3.05) is 5.33 Å². The van der Waals surface area contributed by atoms with Crippen molar-refractivity contribution in [3.05, 3.63) is 83.2 Å². The summed E-state index contributed by atoms with van der Waals surface area (Å²) in [5, 5.41) is 24.9. The van der Waals surface area contributed by atoms with Crippen LogP contribution in [0.1, 0.15) is 17.2 Å². The summed E-state index contributed by atoms with van der Waals surface area (Å²) in [5.74, 6) is -4.23. The van der Waals surface area contributed by atoms with Crippen molar-refractivity contribution < 1.29 is 38.9 Å². The molecule has 0 saturated carbocycles. The number of nitrogens with zero attached hydrogens (tertiary/aromatic N) is 1. The van der Waals surface area contributed by atoms with Gasteiger partial charge in [-0.2, -0.15) is 0 Å². The van der Waals surface area contributed by atoms with Crippen LogP contribution in [0, 0.1) is 0 Å². The van der Waals surface area contributed by atoms with Gasteiger partial charge in [0.2, 0.25) is 5.91 Å². The molecule has 0 bridgehead atoms. The first-order valence-corrected chi connectivity index (χ1v) is 12.8. The van der Waals surface area contributed by atoms with Crippen LogP contribution in [0.15, 0.2) is 72.1 Å². The zero-order chi connectivity index (χ0) is 26.9. The molecule has 1 aliphatic heterocycles. The first kappa shape index (κ1) is 27.7. The Balaban J connectivity index is 1.77. The summed E-state index contributed by atoms with van der Waals surface area (Å²) in [6, 6.07) is 14.5. The molecule has 3 N–H and O–H groups in total. The number of rotatable bonds is 11. The molecule has 11 nitrogen and oxygen atoms in total. The number of hydrogen-bond acceptors (Lipinski definition) is 8. The van der Waals surface area contributed by atoms with Gasteiger partial charge in [0.25, 0.3) is 5.91 Å². The third kappa shape index (κ3) is 6.68. The Bertz CT molecular complexity index is 1190. The van der Waals surface area contributed by atoms with Crippen molar-refractivity contribution in [2.45, 2.75) is 24.1 Å². The number of halogens is 1. The van der Waals surface area contributed by atoms with Crippen LogP contribution in [0.3, 0.4) is 0 Å². The van der Waals surface area contributed by atoms with Crippen LogP contribution in [-0.2, 0) is 30.5 Å². The Hall–Kier alpha value is -3.84.